The van der Waals surface area contributed by atoms with Crippen LogP contribution in [0, 0.1) is 0 Å². The Kier molecular flexibility index (Phi) is 7.09. The quantitative estimate of drug-likeness (QED) is 0.768. The van der Waals surface area contributed by atoms with E-state index in [2.05, 4.69) is 24.5 Å². The molecule has 1 amide bonds. The Labute approximate surface area is 121 Å². The van der Waals surface area contributed by atoms with Gasteiger partial charge in [0.1, 0.15) is 5.75 Å². The smallest absolute Gasteiger partial charge is 0.258 e. The summed E-state index contributed by atoms with van der Waals surface area (Å²) in [7, 11) is 1.92. The Morgan fingerprint density at radius 2 is 2.10 bits per heavy atom. The second-order valence-corrected chi connectivity index (χ2v) is 5.13. The van der Waals surface area contributed by atoms with Gasteiger partial charge in [-0.15, -0.1) is 0 Å². The first-order chi connectivity index (χ1) is 9.56. The molecular formula is C16H26N2O2. The number of hydrogen-bond acceptors (Lipinski definition) is 3. The van der Waals surface area contributed by atoms with Crippen LogP contribution in [0.3, 0.4) is 0 Å². The summed E-state index contributed by atoms with van der Waals surface area (Å²) in [6.45, 7) is 6.26. The molecular weight excluding hydrogens is 252 g/mol. The van der Waals surface area contributed by atoms with E-state index >= 15 is 0 Å². The number of nitrogens with one attached hydrogen (secondary N) is 2. The van der Waals surface area contributed by atoms with E-state index in [4.69, 9.17) is 4.74 Å². The lowest BCUT2D eigenvalue weighted by molar-refractivity contribution is -0.123. The molecule has 0 fully saturated rings. The van der Waals surface area contributed by atoms with E-state index in [1.807, 2.05) is 38.2 Å². The molecule has 4 nitrogen and oxygen atoms in total. The van der Waals surface area contributed by atoms with Crippen LogP contribution >= 0.6 is 0 Å². The number of benzene rings is 1. The van der Waals surface area contributed by atoms with Gasteiger partial charge in [-0.3, -0.25) is 4.79 Å². The zero-order valence-corrected chi connectivity index (χ0v) is 12.9. The molecule has 2 atom stereocenters. The van der Waals surface area contributed by atoms with E-state index < -0.39 is 0 Å². The number of ether oxygens (including phenoxy) is 1. The minimum absolute atomic E-state index is 0.0610. The maximum atomic E-state index is 11.7. The maximum absolute atomic E-state index is 11.7. The first-order valence-corrected chi connectivity index (χ1v) is 7.26. The summed E-state index contributed by atoms with van der Waals surface area (Å²) in [5.74, 6) is 0.654. The monoisotopic (exact) mass is 278 g/mol. The predicted molar refractivity (Wildman–Crippen MR) is 81.9 cm³/mol. The minimum Gasteiger partial charge on any atom is -0.484 e. The van der Waals surface area contributed by atoms with E-state index in [0.29, 0.717) is 0 Å². The molecule has 112 valence electrons. The van der Waals surface area contributed by atoms with Crippen LogP contribution in [0.25, 0.3) is 0 Å². The van der Waals surface area contributed by atoms with Crippen molar-refractivity contribution in [1.29, 1.82) is 0 Å². The largest absolute Gasteiger partial charge is 0.484 e. The lowest BCUT2D eigenvalue weighted by Crippen LogP contribution is -2.35. The summed E-state index contributed by atoms with van der Waals surface area (Å²) in [4.78, 5) is 11.7. The second-order valence-electron chi connectivity index (χ2n) is 5.13. The van der Waals surface area contributed by atoms with Gasteiger partial charge in [-0.05, 0) is 45.0 Å². The van der Waals surface area contributed by atoms with Gasteiger partial charge in [0.05, 0.1) is 0 Å². The van der Waals surface area contributed by atoms with Gasteiger partial charge in [-0.2, -0.15) is 0 Å². The van der Waals surface area contributed by atoms with Crippen LogP contribution in [0.15, 0.2) is 24.3 Å². The van der Waals surface area contributed by atoms with Crippen molar-refractivity contribution in [2.24, 2.45) is 0 Å². The van der Waals surface area contributed by atoms with Gasteiger partial charge < -0.3 is 15.4 Å². The highest BCUT2D eigenvalue weighted by molar-refractivity contribution is 5.77. The van der Waals surface area contributed by atoms with Crippen molar-refractivity contribution in [2.75, 3.05) is 13.7 Å². The van der Waals surface area contributed by atoms with Crippen molar-refractivity contribution in [3.05, 3.63) is 29.8 Å². The predicted octanol–water partition coefficient (Wildman–Crippen LogP) is 2.65. The topological polar surface area (TPSA) is 50.4 Å². The van der Waals surface area contributed by atoms with Crippen LogP contribution in [0.4, 0.5) is 0 Å². The van der Waals surface area contributed by atoms with Crippen LogP contribution < -0.4 is 15.4 Å². The third-order valence-electron chi connectivity index (χ3n) is 3.29. The molecule has 1 aromatic rings. The number of carbonyl (C=O) groups excluding carboxylic acids is 1. The van der Waals surface area contributed by atoms with Crippen LogP contribution in [0.1, 0.15) is 45.2 Å². The minimum atomic E-state index is -0.0713. The fourth-order valence-corrected chi connectivity index (χ4v) is 2.01. The SMILES string of the molecule is CCCC(C)NC(=O)COc1cccc(C(C)NC)c1. The highest BCUT2D eigenvalue weighted by atomic mass is 16.5. The van der Waals surface area contributed by atoms with Crippen LogP contribution in [0.5, 0.6) is 5.75 Å². The van der Waals surface area contributed by atoms with Gasteiger partial charge in [0, 0.05) is 12.1 Å². The van der Waals surface area contributed by atoms with Crippen LogP contribution in [0.2, 0.25) is 0 Å². The van der Waals surface area contributed by atoms with Gasteiger partial charge >= 0.3 is 0 Å². The zero-order valence-electron chi connectivity index (χ0n) is 12.9. The summed E-state index contributed by atoms with van der Waals surface area (Å²) in [5.41, 5.74) is 1.14. The molecule has 4 heteroatoms. The van der Waals surface area contributed by atoms with Crippen molar-refractivity contribution in [1.82, 2.24) is 10.6 Å². The average molecular weight is 278 g/mol. The molecule has 0 aliphatic carbocycles. The molecule has 0 bridgehead atoms. The van der Waals surface area contributed by atoms with Crippen molar-refractivity contribution in [2.45, 2.75) is 45.7 Å². The fraction of sp³-hybridized carbons (Fsp3) is 0.562. The standard InChI is InChI=1S/C16H26N2O2/c1-5-7-12(2)18-16(19)11-20-15-9-6-8-14(10-15)13(3)17-4/h6,8-10,12-13,17H,5,7,11H2,1-4H3,(H,18,19). The molecule has 0 heterocycles. The molecule has 1 aromatic carbocycles. The van der Waals surface area contributed by atoms with Crippen molar-refractivity contribution < 1.29 is 9.53 Å². The van der Waals surface area contributed by atoms with Crippen molar-refractivity contribution >= 4 is 5.91 Å². The Morgan fingerprint density at radius 1 is 1.35 bits per heavy atom. The molecule has 0 aliphatic rings. The summed E-state index contributed by atoms with van der Waals surface area (Å²) in [5, 5.41) is 6.10. The van der Waals surface area contributed by atoms with Crippen molar-refractivity contribution in [3.63, 3.8) is 0 Å². The van der Waals surface area contributed by atoms with Crippen LogP contribution in [-0.4, -0.2) is 25.6 Å². The molecule has 0 aromatic heterocycles. The summed E-state index contributed by atoms with van der Waals surface area (Å²) in [6, 6.07) is 8.27. The highest BCUT2D eigenvalue weighted by Gasteiger charge is 2.08. The van der Waals surface area contributed by atoms with E-state index in [1.54, 1.807) is 0 Å². The fourth-order valence-electron chi connectivity index (χ4n) is 2.01. The first kappa shape index (κ1) is 16.5. The van der Waals surface area contributed by atoms with E-state index in [0.717, 1.165) is 24.2 Å². The molecule has 1 rings (SSSR count). The van der Waals surface area contributed by atoms with E-state index in [1.165, 1.54) is 0 Å². The second kappa shape index (κ2) is 8.59. The summed E-state index contributed by atoms with van der Waals surface area (Å²) < 4.78 is 5.54. The molecule has 0 saturated heterocycles. The van der Waals surface area contributed by atoms with Crippen molar-refractivity contribution in [3.8, 4) is 5.75 Å². The summed E-state index contributed by atoms with van der Waals surface area (Å²) >= 11 is 0. The number of hydrogen-bond donors (Lipinski definition) is 2. The highest BCUT2D eigenvalue weighted by Crippen LogP contribution is 2.18. The third kappa shape index (κ3) is 5.61. The molecule has 0 saturated carbocycles. The van der Waals surface area contributed by atoms with Crippen LogP contribution in [-0.2, 0) is 4.79 Å². The number of rotatable bonds is 8. The Balaban J connectivity index is 2.47. The van der Waals surface area contributed by atoms with E-state index in [9.17, 15) is 4.79 Å². The maximum Gasteiger partial charge on any atom is 0.258 e. The van der Waals surface area contributed by atoms with E-state index in [-0.39, 0.29) is 24.6 Å². The first-order valence-electron chi connectivity index (χ1n) is 7.26. The summed E-state index contributed by atoms with van der Waals surface area (Å²) in [6.07, 6.45) is 2.05. The van der Waals surface area contributed by atoms with Gasteiger partial charge in [0.25, 0.3) is 5.91 Å². The molecule has 0 spiro atoms. The molecule has 2 unspecified atom stereocenters. The Bertz CT molecular complexity index is 421. The zero-order chi connectivity index (χ0) is 15.0. The Hall–Kier alpha value is -1.55. The molecule has 20 heavy (non-hydrogen) atoms. The lowest BCUT2D eigenvalue weighted by Gasteiger charge is -2.14. The Morgan fingerprint density at radius 3 is 2.75 bits per heavy atom. The van der Waals surface area contributed by atoms with Gasteiger partial charge in [-0.1, -0.05) is 25.5 Å². The average Bonchev–Trinajstić information content (AvgIpc) is 2.44. The molecule has 0 radical (unpaired) electrons. The lowest BCUT2D eigenvalue weighted by atomic mass is 10.1. The van der Waals surface area contributed by atoms with Gasteiger partial charge in [0.2, 0.25) is 0 Å². The molecule has 0 aliphatic heterocycles. The number of carbonyl (C=O) groups is 1. The third-order valence-corrected chi connectivity index (χ3v) is 3.29. The normalized spacial score (nSPS) is 13.6. The van der Waals surface area contributed by atoms with Gasteiger partial charge in [-0.25, -0.2) is 0 Å². The van der Waals surface area contributed by atoms with Gasteiger partial charge in [0.15, 0.2) is 6.61 Å². The number of amides is 1. The molecule has 2 N–H and O–H groups in total.